The number of hydrogen-bond acceptors (Lipinski definition) is 5. The second-order valence-corrected chi connectivity index (χ2v) is 5.71. The number of hydrogen-bond donors (Lipinski definition) is 0. The summed E-state index contributed by atoms with van der Waals surface area (Å²) in [7, 11) is 1.35. The standard InChI is InChI=1S/C16H11NO4S/c1-21-16(18)15-9-13-12(3-2-4-14(13)22-15)10-5-7-11(8-6-10)17(19)20/h2-9H,1H3. The summed E-state index contributed by atoms with van der Waals surface area (Å²) in [5.74, 6) is -0.365. The fourth-order valence-electron chi connectivity index (χ4n) is 2.28. The van der Waals surface area contributed by atoms with Crippen molar-refractivity contribution in [2.24, 2.45) is 0 Å². The van der Waals surface area contributed by atoms with Crippen LogP contribution < -0.4 is 0 Å². The van der Waals surface area contributed by atoms with E-state index in [1.807, 2.05) is 18.2 Å². The molecule has 0 aliphatic rings. The molecular formula is C16H11NO4S. The van der Waals surface area contributed by atoms with Gasteiger partial charge in [0.2, 0.25) is 0 Å². The number of fused-ring (bicyclic) bond motifs is 1. The predicted molar refractivity (Wildman–Crippen MR) is 85.3 cm³/mol. The molecule has 22 heavy (non-hydrogen) atoms. The van der Waals surface area contributed by atoms with Gasteiger partial charge >= 0.3 is 5.97 Å². The third-order valence-electron chi connectivity index (χ3n) is 3.34. The summed E-state index contributed by atoms with van der Waals surface area (Å²) in [6.07, 6.45) is 0. The lowest BCUT2D eigenvalue weighted by Crippen LogP contribution is -1.96. The Labute approximate surface area is 129 Å². The highest BCUT2D eigenvalue weighted by Crippen LogP contribution is 2.34. The number of nitro groups is 1. The van der Waals surface area contributed by atoms with Crippen LogP contribution in [0.5, 0.6) is 0 Å². The molecule has 1 heterocycles. The molecule has 0 spiro atoms. The molecule has 0 atom stereocenters. The lowest BCUT2D eigenvalue weighted by molar-refractivity contribution is -0.384. The summed E-state index contributed by atoms with van der Waals surface area (Å²) in [4.78, 5) is 22.5. The Morgan fingerprint density at radius 3 is 2.55 bits per heavy atom. The number of ether oxygens (including phenoxy) is 1. The van der Waals surface area contributed by atoms with Gasteiger partial charge in [-0.1, -0.05) is 12.1 Å². The van der Waals surface area contributed by atoms with Crippen molar-refractivity contribution in [3.63, 3.8) is 0 Å². The Bertz CT molecular complexity index is 867. The maximum Gasteiger partial charge on any atom is 0.348 e. The molecule has 0 unspecified atom stereocenters. The molecule has 0 aliphatic heterocycles. The lowest BCUT2D eigenvalue weighted by Gasteiger charge is -2.03. The van der Waals surface area contributed by atoms with Crippen molar-refractivity contribution in [3.05, 3.63) is 63.5 Å². The van der Waals surface area contributed by atoms with E-state index in [0.29, 0.717) is 4.88 Å². The molecule has 6 heteroatoms. The SMILES string of the molecule is COC(=O)c1cc2c(-c3ccc([N+](=O)[O-])cc3)cccc2s1. The summed E-state index contributed by atoms with van der Waals surface area (Å²) in [6, 6.07) is 13.9. The average molecular weight is 313 g/mol. The van der Waals surface area contributed by atoms with E-state index in [1.54, 1.807) is 18.2 Å². The van der Waals surface area contributed by atoms with Crippen molar-refractivity contribution in [1.82, 2.24) is 0 Å². The van der Waals surface area contributed by atoms with Crippen LogP contribution in [0.25, 0.3) is 21.2 Å². The minimum atomic E-state index is -0.426. The van der Waals surface area contributed by atoms with Crippen LogP contribution in [0.15, 0.2) is 48.5 Å². The van der Waals surface area contributed by atoms with E-state index in [1.165, 1.54) is 30.6 Å². The molecule has 3 aromatic rings. The van der Waals surface area contributed by atoms with E-state index >= 15 is 0 Å². The lowest BCUT2D eigenvalue weighted by atomic mass is 10.0. The number of nitro benzene ring substituents is 1. The highest BCUT2D eigenvalue weighted by molar-refractivity contribution is 7.20. The Morgan fingerprint density at radius 1 is 1.18 bits per heavy atom. The van der Waals surface area contributed by atoms with E-state index < -0.39 is 4.92 Å². The third-order valence-corrected chi connectivity index (χ3v) is 4.42. The highest BCUT2D eigenvalue weighted by atomic mass is 32.1. The van der Waals surface area contributed by atoms with Gasteiger partial charge in [0, 0.05) is 22.2 Å². The smallest absolute Gasteiger partial charge is 0.348 e. The zero-order chi connectivity index (χ0) is 15.7. The molecule has 2 aromatic carbocycles. The Hall–Kier alpha value is -2.73. The number of esters is 1. The van der Waals surface area contributed by atoms with Crippen LogP contribution in [-0.2, 0) is 4.74 Å². The number of nitrogens with zero attached hydrogens (tertiary/aromatic N) is 1. The van der Waals surface area contributed by atoms with Gasteiger partial charge < -0.3 is 4.74 Å². The topological polar surface area (TPSA) is 69.4 Å². The summed E-state index contributed by atoms with van der Waals surface area (Å²) in [6.45, 7) is 0. The molecule has 0 amide bonds. The number of non-ortho nitro benzene ring substituents is 1. The Balaban J connectivity index is 2.12. The van der Waals surface area contributed by atoms with Crippen molar-refractivity contribution >= 4 is 33.1 Å². The van der Waals surface area contributed by atoms with Crippen LogP contribution in [0.2, 0.25) is 0 Å². The largest absolute Gasteiger partial charge is 0.465 e. The van der Waals surface area contributed by atoms with Crippen LogP contribution >= 0.6 is 11.3 Å². The monoisotopic (exact) mass is 313 g/mol. The molecule has 1 aromatic heterocycles. The molecule has 0 aliphatic carbocycles. The first-order chi connectivity index (χ1) is 10.6. The first kappa shape index (κ1) is 14.2. The maximum absolute atomic E-state index is 11.7. The molecule has 5 nitrogen and oxygen atoms in total. The van der Waals surface area contributed by atoms with Crippen LogP contribution in [0.1, 0.15) is 9.67 Å². The minimum Gasteiger partial charge on any atom is -0.465 e. The fourth-order valence-corrected chi connectivity index (χ4v) is 3.28. The Kier molecular flexibility index (Phi) is 3.60. The maximum atomic E-state index is 11.7. The fraction of sp³-hybridized carbons (Fsp3) is 0.0625. The van der Waals surface area contributed by atoms with E-state index in [-0.39, 0.29) is 11.7 Å². The highest BCUT2D eigenvalue weighted by Gasteiger charge is 2.14. The van der Waals surface area contributed by atoms with E-state index in [9.17, 15) is 14.9 Å². The summed E-state index contributed by atoms with van der Waals surface area (Å²) < 4.78 is 5.72. The van der Waals surface area contributed by atoms with Crippen molar-refractivity contribution in [3.8, 4) is 11.1 Å². The third kappa shape index (κ3) is 2.44. The quantitative estimate of drug-likeness (QED) is 0.411. The summed E-state index contributed by atoms with van der Waals surface area (Å²) in [5.41, 5.74) is 1.85. The number of carbonyl (C=O) groups excluding carboxylic acids is 1. The molecule has 0 radical (unpaired) electrons. The Morgan fingerprint density at radius 2 is 1.91 bits per heavy atom. The van der Waals surface area contributed by atoms with Crippen LogP contribution in [0.3, 0.4) is 0 Å². The van der Waals surface area contributed by atoms with E-state index in [0.717, 1.165) is 21.2 Å². The number of rotatable bonds is 3. The van der Waals surface area contributed by atoms with Gasteiger partial charge in [-0.3, -0.25) is 10.1 Å². The van der Waals surface area contributed by atoms with Crippen molar-refractivity contribution < 1.29 is 14.5 Å². The van der Waals surface area contributed by atoms with Gasteiger partial charge in [-0.2, -0.15) is 0 Å². The van der Waals surface area contributed by atoms with Gasteiger partial charge in [-0.05, 0) is 35.4 Å². The first-order valence-electron chi connectivity index (χ1n) is 6.46. The molecule has 110 valence electrons. The average Bonchev–Trinajstić information content (AvgIpc) is 2.98. The molecule has 0 saturated carbocycles. The number of carbonyl (C=O) groups is 1. The minimum absolute atomic E-state index is 0.0523. The second kappa shape index (κ2) is 5.57. The number of benzene rings is 2. The number of methoxy groups -OCH3 is 1. The van der Waals surface area contributed by atoms with E-state index in [2.05, 4.69) is 0 Å². The normalized spacial score (nSPS) is 10.6. The summed E-state index contributed by atoms with van der Waals surface area (Å²) >= 11 is 1.36. The molecule has 0 N–H and O–H groups in total. The van der Waals surface area contributed by atoms with Crippen LogP contribution in [0, 0.1) is 10.1 Å². The van der Waals surface area contributed by atoms with Gasteiger partial charge in [-0.25, -0.2) is 4.79 Å². The van der Waals surface area contributed by atoms with Gasteiger partial charge in [0.1, 0.15) is 4.88 Å². The zero-order valence-electron chi connectivity index (χ0n) is 11.6. The van der Waals surface area contributed by atoms with Gasteiger partial charge in [-0.15, -0.1) is 11.3 Å². The van der Waals surface area contributed by atoms with E-state index in [4.69, 9.17) is 4.74 Å². The van der Waals surface area contributed by atoms with Gasteiger partial charge in [0.05, 0.1) is 12.0 Å². The van der Waals surface area contributed by atoms with Gasteiger partial charge in [0.25, 0.3) is 5.69 Å². The van der Waals surface area contributed by atoms with Crippen molar-refractivity contribution in [1.29, 1.82) is 0 Å². The zero-order valence-corrected chi connectivity index (χ0v) is 12.4. The molecule has 3 rings (SSSR count). The second-order valence-electron chi connectivity index (χ2n) is 4.62. The molecule has 0 bridgehead atoms. The molecule has 0 fully saturated rings. The summed E-state index contributed by atoms with van der Waals surface area (Å²) in [5, 5.41) is 11.7. The van der Waals surface area contributed by atoms with Crippen LogP contribution in [-0.4, -0.2) is 18.0 Å². The molecule has 0 saturated heterocycles. The van der Waals surface area contributed by atoms with Crippen molar-refractivity contribution in [2.75, 3.05) is 7.11 Å². The van der Waals surface area contributed by atoms with Crippen molar-refractivity contribution in [2.45, 2.75) is 0 Å². The molecular weight excluding hydrogens is 302 g/mol. The first-order valence-corrected chi connectivity index (χ1v) is 7.27. The predicted octanol–water partition coefficient (Wildman–Crippen LogP) is 4.26. The van der Waals surface area contributed by atoms with Crippen LogP contribution in [0.4, 0.5) is 5.69 Å². The van der Waals surface area contributed by atoms with Gasteiger partial charge in [0.15, 0.2) is 0 Å². The number of thiophene rings is 1.